The van der Waals surface area contributed by atoms with Gasteiger partial charge in [-0.25, -0.2) is 0 Å². The van der Waals surface area contributed by atoms with Crippen LogP contribution in [-0.2, 0) is 4.79 Å². The lowest BCUT2D eigenvalue weighted by atomic mass is 9.48. The molecule has 4 saturated carbocycles. The summed E-state index contributed by atoms with van der Waals surface area (Å²) in [5.74, 6) is 2.55. The maximum atomic E-state index is 12.2. The fourth-order valence-electron chi connectivity index (χ4n) is 4.72. The Kier molecular flexibility index (Phi) is 2.21. The van der Waals surface area contributed by atoms with E-state index in [1.165, 1.54) is 19.3 Å². The van der Waals surface area contributed by atoms with E-state index in [-0.39, 0.29) is 17.7 Å². The minimum absolute atomic E-state index is 0.0721. The number of rotatable bonds is 3. The Morgan fingerprint density at radius 1 is 1.19 bits per heavy atom. The molecule has 0 amide bonds. The second-order valence-electron chi connectivity index (χ2n) is 6.01. The smallest absolute Gasteiger partial charge is 0.144 e. The van der Waals surface area contributed by atoms with E-state index in [0.717, 1.165) is 37.0 Å². The van der Waals surface area contributed by atoms with Gasteiger partial charge in [-0.2, -0.15) is 0 Å². The summed E-state index contributed by atoms with van der Waals surface area (Å²) in [5, 5.41) is 3.46. The Hall–Kier alpha value is -1.02. The monoisotopic (exact) mass is 219 g/mol. The molecular formula is C12H17N3O. The number of nitrogens with zero attached hydrogens (tertiary/aromatic N) is 3. The molecule has 4 bridgehead atoms. The SMILES string of the molecule is [N-]=[N+]=NCC(=O)C12CC3CC(CC(C3)C1)C2. The molecule has 0 aromatic heterocycles. The first-order valence-corrected chi connectivity index (χ1v) is 6.26. The van der Waals surface area contributed by atoms with Gasteiger partial charge in [0.15, 0.2) is 0 Å². The van der Waals surface area contributed by atoms with Gasteiger partial charge < -0.3 is 0 Å². The van der Waals surface area contributed by atoms with E-state index in [9.17, 15) is 4.79 Å². The van der Waals surface area contributed by atoms with Crippen molar-refractivity contribution in [3.05, 3.63) is 10.4 Å². The van der Waals surface area contributed by atoms with Crippen molar-refractivity contribution in [1.82, 2.24) is 0 Å². The van der Waals surface area contributed by atoms with Crippen LogP contribution in [0.3, 0.4) is 0 Å². The molecule has 4 aliphatic carbocycles. The minimum Gasteiger partial charge on any atom is -0.299 e. The number of carbonyl (C=O) groups is 1. The van der Waals surface area contributed by atoms with Gasteiger partial charge in [0.1, 0.15) is 5.78 Å². The van der Waals surface area contributed by atoms with Gasteiger partial charge in [-0.15, -0.1) is 0 Å². The average Bonchev–Trinajstić information content (AvgIpc) is 2.24. The third-order valence-corrected chi connectivity index (χ3v) is 4.91. The summed E-state index contributed by atoms with van der Waals surface area (Å²) in [7, 11) is 0. The Labute approximate surface area is 95.0 Å². The highest BCUT2D eigenvalue weighted by Gasteiger charge is 2.53. The van der Waals surface area contributed by atoms with Gasteiger partial charge in [0, 0.05) is 10.3 Å². The first-order chi connectivity index (χ1) is 7.72. The van der Waals surface area contributed by atoms with Gasteiger partial charge in [0.25, 0.3) is 0 Å². The fourth-order valence-corrected chi connectivity index (χ4v) is 4.72. The zero-order valence-corrected chi connectivity index (χ0v) is 9.43. The number of hydrogen-bond donors (Lipinski definition) is 0. The highest BCUT2D eigenvalue weighted by Crippen LogP contribution is 2.60. The summed E-state index contributed by atoms with van der Waals surface area (Å²) in [6.45, 7) is 0.0721. The van der Waals surface area contributed by atoms with Gasteiger partial charge in [-0.3, -0.25) is 4.79 Å². The van der Waals surface area contributed by atoms with Crippen LogP contribution in [0.15, 0.2) is 5.11 Å². The molecule has 16 heavy (non-hydrogen) atoms. The van der Waals surface area contributed by atoms with Gasteiger partial charge in [0.05, 0.1) is 6.54 Å². The molecular weight excluding hydrogens is 202 g/mol. The van der Waals surface area contributed by atoms with Crippen LogP contribution in [0.5, 0.6) is 0 Å². The molecule has 86 valence electrons. The standard InChI is InChI=1S/C12H17N3O/c13-15-14-7-11(16)12-4-8-1-9(5-12)3-10(2-8)6-12/h8-10H,1-7H2. The van der Waals surface area contributed by atoms with Crippen molar-refractivity contribution < 1.29 is 4.79 Å². The first kappa shape index (κ1) is 10.2. The zero-order chi connectivity index (χ0) is 11.2. The number of Topliss-reactive ketones (excluding diaryl/α,β-unsaturated/α-hetero) is 1. The summed E-state index contributed by atoms with van der Waals surface area (Å²) in [4.78, 5) is 14.9. The number of carbonyl (C=O) groups excluding carboxylic acids is 1. The predicted octanol–water partition coefficient (Wildman–Crippen LogP) is 3.08. The van der Waals surface area contributed by atoms with Crippen LogP contribution in [-0.4, -0.2) is 12.3 Å². The van der Waals surface area contributed by atoms with Gasteiger partial charge in [-0.1, -0.05) is 5.11 Å². The van der Waals surface area contributed by atoms with E-state index < -0.39 is 0 Å². The molecule has 4 heteroatoms. The molecule has 0 atom stereocenters. The minimum atomic E-state index is -0.0943. The van der Waals surface area contributed by atoms with Crippen molar-refractivity contribution in [3.63, 3.8) is 0 Å². The lowest BCUT2D eigenvalue weighted by Crippen LogP contribution is -2.50. The van der Waals surface area contributed by atoms with E-state index in [1.54, 1.807) is 0 Å². The summed E-state index contributed by atoms with van der Waals surface area (Å²) >= 11 is 0. The molecule has 0 heterocycles. The van der Waals surface area contributed by atoms with Crippen LogP contribution >= 0.6 is 0 Å². The molecule has 0 spiro atoms. The van der Waals surface area contributed by atoms with E-state index in [2.05, 4.69) is 10.0 Å². The van der Waals surface area contributed by atoms with E-state index >= 15 is 0 Å². The molecule has 4 rings (SSSR count). The molecule has 0 aromatic carbocycles. The maximum Gasteiger partial charge on any atom is 0.144 e. The third kappa shape index (κ3) is 1.44. The second-order valence-corrected chi connectivity index (χ2v) is 6.01. The maximum absolute atomic E-state index is 12.2. The van der Waals surface area contributed by atoms with Gasteiger partial charge in [0.2, 0.25) is 0 Å². The Morgan fingerprint density at radius 2 is 1.69 bits per heavy atom. The number of azide groups is 1. The quantitative estimate of drug-likeness (QED) is 0.408. The van der Waals surface area contributed by atoms with E-state index in [1.807, 2.05) is 0 Å². The van der Waals surface area contributed by atoms with Crippen molar-refractivity contribution in [2.75, 3.05) is 6.54 Å². The van der Waals surface area contributed by atoms with Crippen LogP contribution in [0.25, 0.3) is 10.4 Å². The Bertz CT molecular complexity index is 335. The summed E-state index contributed by atoms with van der Waals surface area (Å²) in [6.07, 6.45) is 7.23. The van der Waals surface area contributed by atoms with Gasteiger partial charge >= 0.3 is 0 Å². The second kappa shape index (κ2) is 3.49. The molecule has 0 saturated heterocycles. The van der Waals surface area contributed by atoms with Crippen molar-refractivity contribution in [2.24, 2.45) is 28.3 Å². The van der Waals surface area contributed by atoms with Crippen molar-refractivity contribution in [3.8, 4) is 0 Å². The Balaban J connectivity index is 1.82. The zero-order valence-electron chi connectivity index (χ0n) is 9.43. The molecule has 4 aliphatic rings. The third-order valence-electron chi connectivity index (χ3n) is 4.91. The normalized spacial score (nSPS) is 44.1. The van der Waals surface area contributed by atoms with Crippen LogP contribution in [0.1, 0.15) is 38.5 Å². The largest absolute Gasteiger partial charge is 0.299 e. The molecule has 4 nitrogen and oxygen atoms in total. The van der Waals surface area contributed by atoms with Crippen molar-refractivity contribution in [2.45, 2.75) is 38.5 Å². The molecule has 0 aliphatic heterocycles. The molecule has 0 unspecified atom stereocenters. The molecule has 0 aromatic rings. The lowest BCUT2D eigenvalue weighted by Gasteiger charge is -2.55. The first-order valence-electron chi connectivity index (χ1n) is 6.26. The topological polar surface area (TPSA) is 65.8 Å². The highest BCUT2D eigenvalue weighted by atomic mass is 16.1. The van der Waals surface area contributed by atoms with Crippen molar-refractivity contribution >= 4 is 5.78 Å². The molecule has 0 N–H and O–H groups in total. The molecule has 0 radical (unpaired) electrons. The summed E-state index contributed by atoms with van der Waals surface area (Å²) < 4.78 is 0. The highest BCUT2D eigenvalue weighted by molar-refractivity contribution is 5.87. The van der Waals surface area contributed by atoms with Gasteiger partial charge in [-0.05, 0) is 61.8 Å². The van der Waals surface area contributed by atoms with E-state index in [0.29, 0.717) is 0 Å². The number of hydrogen-bond acceptors (Lipinski definition) is 2. The van der Waals surface area contributed by atoms with Crippen molar-refractivity contribution in [1.29, 1.82) is 0 Å². The summed E-state index contributed by atoms with van der Waals surface area (Å²) in [6, 6.07) is 0. The number of ketones is 1. The van der Waals surface area contributed by atoms with Crippen LogP contribution in [0.2, 0.25) is 0 Å². The summed E-state index contributed by atoms with van der Waals surface area (Å²) in [5.41, 5.74) is 8.21. The van der Waals surface area contributed by atoms with Crippen LogP contribution < -0.4 is 0 Å². The van der Waals surface area contributed by atoms with Crippen LogP contribution in [0.4, 0.5) is 0 Å². The fraction of sp³-hybridized carbons (Fsp3) is 0.917. The molecule has 4 fully saturated rings. The average molecular weight is 219 g/mol. The lowest BCUT2D eigenvalue weighted by molar-refractivity contribution is -0.142. The predicted molar refractivity (Wildman–Crippen MR) is 59.6 cm³/mol. The Morgan fingerprint density at radius 3 is 2.12 bits per heavy atom. The van der Waals surface area contributed by atoms with E-state index in [4.69, 9.17) is 5.53 Å². The van der Waals surface area contributed by atoms with Crippen LogP contribution in [0, 0.1) is 23.2 Å².